The second-order valence-corrected chi connectivity index (χ2v) is 8.26. The molecule has 0 saturated carbocycles. The van der Waals surface area contributed by atoms with Crippen molar-refractivity contribution in [1.82, 2.24) is 4.98 Å². The predicted molar refractivity (Wildman–Crippen MR) is 134 cm³/mol. The first-order valence-electron chi connectivity index (χ1n) is 10.7. The van der Waals surface area contributed by atoms with Crippen molar-refractivity contribution in [2.45, 2.75) is 0 Å². The zero-order chi connectivity index (χ0) is 20.4. The van der Waals surface area contributed by atoms with Crippen LogP contribution in [0.1, 0.15) is 0 Å². The lowest BCUT2D eigenvalue weighted by molar-refractivity contribution is 1.58. The van der Waals surface area contributed by atoms with Crippen molar-refractivity contribution in [2.24, 2.45) is 0 Å². The number of hydrogen-bond acceptors (Lipinski definition) is 0. The topological polar surface area (TPSA) is 15.8 Å². The van der Waals surface area contributed by atoms with Gasteiger partial charge in [-0.3, -0.25) is 0 Å². The fraction of sp³-hybridized carbons (Fsp3) is 0. The summed E-state index contributed by atoms with van der Waals surface area (Å²) in [5.41, 5.74) is 4.93. The van der Waals surface area contributed by atoms with E-state index in [1.807, 2.05) is 0 Å². The second-order valence-electron chi connectivity index (χ2n) is 8.26. The molecule has 0 atom stereocenters. The van der Waals surface area contributed by atoms with Gasteiger partial charge in [-0.15, -0.1) is 0 Å². The summed E-state index contributed by atoms with van der Waals surface area (Å²) in [5, 5.41) is 10.3. The number of hydrogen-bond donors (Lipinski definition) is 1. The first kappa shape index (κ1) is 16.7. The van der Waals surface area contributed by atoms with Crippen molar-refractivity contribution in [2.75, 3.05) is 0 Å². The van der Waals surface area contributed by atoms with Crippen LogP contribution in [0.2, 0.25) is 0 Å². The molecule has 1 heterocycles. The molecule has 0 aliphatic carbocycles. The molecule has 0 fully saturated rings. The lowest BCUT2D eigenvalue weighted by Gasteiger charge is -2.10. The molecule has 0 saturated heterocycles. The Morgan fingerprint density at radius 1 is 0.387 bits per heavy atom. The van der Waals surface area contributed by atoms with Gasteiger partial charge in [0.2, 0.25) is 0 Å². The molecule has 7 rings (SSSR count). The molecule has 1 nitrogen and oxygen atoms in total. The number of H-pyrrole nitrogens is 1. The largest absolute Gasteiger partial charge is 0.353 e. The van der Waals surface area contributed by atoms with Crippen LogP contribution in [0.15, 0.2) is 109 Å². The molecule has 1 N–H and O–H groups in total. The summed E-state index contributed by atoms with van der Waals surface area (Å²) >= 11 is 0. The van der Waals surface area contributed by atoms with Gasteiger partial charge in [0, 0.05) is 21.5 Å². The Bertz CT molecular complexity index is 1770. The maximum Gasteiger partial charge on any atom is 0.0551 e. The maximum atomic E-state index is 3.83. The SMILES string of the molecule is c1ccc(-c2ccc3c4ccccc4c4c5ccc6ccccc6c5[nH]c4c3c2)cc1. The Balaban J connectivity index is 1.72. The van der Waals surface area contributed by atoms with E-state index in [9.17, 15) is 0 Å². The highest BCUT2D eigenvalue weighted by Crippen LogP contribution is 2.41. The van der Waals surface area contributed by atoms with Gasteiger partial charge in [-0.25, -0.2) is 0 Å². The monoisotopic (exact) mass is 393 g/mol. The zero-order valence-electron chi connectivity index (χ0n) is 16.9. The number of benzene rings is 6. The van der Waals surface area contributed by atoms with Crippen molar-refractivity contribution < 1.29 is 0 Å². The highest BCUT2D eigenvalue weighted by atomic mass is 14.7. The van der Waals surface area contributed by atoms with Crippen molar-refractivity contribution in [3.63, 3.8) is 0 Å². The van der Waals surface area contributed by atoms with Crippen LogP contribution < -0.4 is 0 Å². The average Bonchev–Trinajstić information content (AvgIpc) is 3.25. The molecular formula is C30H19N. The minimum atomic E-state index is 1.22. The molecule has 1 aromatic heterocycles. The Hall–Kier alpha value is -4.10. The lowest BCUT2D eigenvalue weighted by atomic mass is 9.94. The lowest BCUT2D eigenvalue weighted by Crippen LogP contribution is -1.84. The molecule has 1 heteroatoms. The number of fused-ring (bicyclic) bond motifs is 10. The molecule has 0 aliphatic heterocycles. The molecule has 144 valence electrons. The van der Waals surface area contributed by atoms with E-state index < -0.39 is 0 Å². The van der Waals surface area contributed by atoms with Gasteiger partial charge in [0.05, 0.1) is 11.0 Å². The Morgan fingerprint density at radius 2 is 1.06 bits per heavy atom. The number of aromatic amines is 1. The standard InChI is InChI=1S/C30H19N/c1-2-8-19(9-3-1)21-15-16-24-23-12-6-7-13-25(23)28-26-17-14-20-10-4-5-11-22(20)29(26)31-30(28)27(24)18-21/h1-18,31H. The van der Waals surface area contributed by atoms with Crippen LogP contribution in [-0.4, -0.2) is 4.98 Å². The van der Waals surface area contributed by atoms with Crippen molar-refractivity contribution in [3.8, 4) is 11.1 Å². The van der Waals surface area contributed by atoms with Gasteiger partial charge in [-0.1, -0.05) is 103 Å². The van der Waals surface area contributed by atoms with Gasteiger partial charge in [0.1, 0.15) is 0 Å². The fourth-order valence-corrected chi connectivity index (χ4v) is 5.15. The maximum absolute atomic E-state index is 3.83. The Morgan fingerprint density at radius 3 is 1.94 bits per heavy atom. The van der Waals surface area contributed by atoms with E-state index in [4.69, 9.17) is 0 Å². The van der Waals surface area contributed by atoms with E-state index >= 15 is 0 Å². The predicted octanol–water partition coefficient (Wildman–Crippen LogP) is 8.45. The van der Waals surface area contributed by atoms with Gasteiger partial charge in [0.25, 0.3) is 0 Å². The molecule has 0 unspecified atom stereocenters. The smallest absolute Gasteiger partial charge is 0.0551 e. The number of rotatable bonds is 1. The molecule has 0 spiro atoms. The molecule has 7 aromatic rings. The Labute approximate surface area is 179 Å². The van der Waals surface area contributed by atoms with Gasteiger partial charge in [0.15, 0.2) is 0 Å². The molecular weight excluding hydrogens is 374 g/mol. The summed E-state index contributed by atoms with van der Waals surface area (Å²) in [5.74, 6) is 0. The second kappa shape index (κ2) is 6.20. The van der Waals surface area contributed by atoms with Crippen LogP contribution in [0.4, 0.5) is 0 Å². The quantitative estimate of drug-likeness (QED) is 0.269. The van der Waals surface area contributed by atoms with Crippen molar-refractivity contribution in [3.05, 3.63) is 109 Å². The van der Waals surface area contributed by atoms with Crippen LogP contribution >= 0.6 is 0 Å². The highest BCUT2D eigenvalue weighted by Gasteiger charge is 2.15. The van der Waals surface area contributed by atoms with Gasteiger partial charge in [-0.05, 0) is 38.7 Å². The molecule has 0 amide bonds. The minimum Gasteiger partial charge on any atom is -0.353 e. The molecule has 6 aromatic carbocycles. The minimum absolute atomic E-state index is 1.22. The summed E-state index contributed by atoms with van der Waals surface area (Å²) in [6.07, 6.45) is 0. The van der Waals surface area contributed by atoms with Crippen molar-refractivity contribution in [1.29, 1.82) is 0 Å². The summed E-state index contributed by atoms with van der Waals surface area (Å²) < 4.78 is 0. The third-order valence-electron chi connectivity index (χ3n) is 6.58. The highest BCUT2D eigenvalue weighted by molar-refractivity contribution is 6.33. The molecule has 31 heavy (non-hydrogen) atoms. The van der Waals surface area contributed by atoms with Crippen LogP contribution in [0, 0.1) is 0 Å². The summed E-state index contributed by atoms with van der Waals surface area (Å²) in [7, 11) is 0. The first-order chi connectivity index (χ1) is 15.4. The Kier molecular flexibility index (Phi) is 3.33. The van der Waals surface area contributed by atoms with E-state index in [1.54, 1.807) is 0 Å². The van der Waals surface area contributed by atoms with Crippen LogP contribution in [-0.2, 0) is 0 Å². The van der Waals surface area contributed by atoms with Crippen LogP contribution in [0.25, 0.3) is 65.3 Å². The van der Waals surface area contributed by atoms with E-state index in [0.717, 1.165) is 0 Å². The van der Waals surface area contributed by atoms with E-state index in [1.165, 1.54) is 65.3 Å². The fourth-order valence-electron chi connectivity index (χ4n) is 5.15. The number of nitrogens with one attached hydrogen (secondary N) is 1. The molecule has 0 aliphatic rings. The first-order valence-corrected chi connectivity index (χ1v) is 10.7. The van der Waals surface area contributed by atoms with E-state index in [0.29, 0.717) is 0 Å². The summed E-state index contributed by atoms with van der Waals surface area (Å²) in [6, 6.07) is 39.4. The van der Waals surface area contributed by atoms with Crippen molar-refractivity contribution >= 4 is 54.1 Å². The third-order valence-corrected chi connectivity index (χ3v) is 6.58. The van der Waals surface area contributed by atoms with E-state index in [2.05, 4.69) is 114 Å². The van der Waals surface area contributed by atoms with Crippen LogP contribution in [0.3, 0.4) is 0 Å². The molecule has 0 radical (unpaired) electrons. The summed E-state index contributed by atoms with van der Waals surface area (Å²) in [4.78, 5) is 3.83. The van der Waals surface area contributed by atoms with E-state index in [-0.39, 0.29) is 0 Å². The number of aromatic nitrogens is 1. The summed E-state index contributed by atoms with van der Waals surface area (Å²) in [6.45, 7) is 0. The zero-order valence-corrected chi connectivity index (χ0v) is 16.9. The normalized spacial score (nSPS) is 11.9. The van der Waals surface area contributed by atoms with Crippen LogP contribution in [0.5, 0.6) is 0 Å². The molecule has 0 bridgehead atoms. The average molecular weight is 393 g/mol. The van der Waals surface area contributed by atoms with Gasteiger partial charge in [-0.2, -0.15) is 0 Å². The third kappa shape index (κ3) is 2.32. The van der Waals surface area contributed by atoms with Gasteiger partial charge >= 0.3 is 0 Å². The van der Waals surface area contributed by atoms with Gasteiger partial charge < -0.3 is 4.98 Å².